The number of carbonyl (C=O) groups excluding carboxylic acids is 1. The number of nitrogens with zero attached hydrogens (tertiary/aromatic N) is 1. The maximum atomic E-state index is 12.4. The molecule has 3 nitrogen and oxygen atoms in total. The minimum absolute atomic E-state index is 0.167. The summed E-state index contributed by atoms with van der Waals surface area (Å²) in [5, 5.41) is 3.26. The summed E-state index contributed by atoms with van der Waals surface area (Å²) in [4.78, 5) is 15.5. The lowest BCUT2D eigenvalue weighted by Crippen LogP contribution is -2.46. The van der Waals surface area contributed by atoms with E-state index in [0.29, 0.717) is 0 Å². The molecule has 0 aromatic heterocycles. The lowest BCUT2D eigenvalue weighted by atomic mass is 10.1. The Bertz CT molecular complexity index is 414. The zero-order valence-corrected chi connectivity index (χ0v) is 11.1. The molecule has 0 atom stereocenters. The predicted molar refractivity (Wildman–Crippen MR) is 71.7 cm³/mol. The molecule has 1 saturated heterocycles. The SMILES string of the molecule is CSc1ccc(C)c(C(=O)N2CCNCC2)c1. The van der Waals surface area contributed by atoms with Crippen LogP contribution in [0.5, 0.6) is 0 Å². The molecule has 0 bridgehead atoms. The van der Waals surface area contributed by atoms with Crippen molar-refractivity contribution in [3.05, 3.63) is 29.3 Å². The molecule has 1 aliphatic rings. The summed E-state index contributed by atoms with van der Waals surface area (Å²) in [5.74, 6) is 0.167. The number of piperazine rings is 1. The van der Waals surface area contributed by atoms with E-state index in [4.69, 9.17) is 0 Å². The normalized spacial score (nSPS) is 16.0. The second-order valence-electron chi connectivity index (χ2n) is 4.22. The van der Waals surface area contributed by atoms with E-state index >= 15 is 0 Å². The van der Waals surface area contributed by atoms with E-state index in [9.17, 15) is 4.79 Å². The van der Waals surface area contributed by atoms with E-state index < -0.39 is 0 Å². The number of hydrogen-bond acceptors (Lipinski definition) is 3. The van der Waals surface area contributed by atoms with Gasteiger partial charge in [0.15, 0.2) is 0 Å². The maximum Gasteiger partial charge on any atom is 0.254 e. The zero-order chi connectivity index (χ0) is 12.3. The Labute approximate surface area is 107 Å². The largest absolute Gasteiger partial charge is 0.336 e. The van der Waals surface area contributed by atoms with Gasteiger partial charge in [0.25, 0.3) is 5.91 Å². The Morgan fingerprint density at radius 3 is 2.71 bits per heavy atom. The highest BCUT2D eigenvalue weighted by Gasteiger charge is 2.19. The summed E-state index contributed by atoms with van der Waals surface area (Å²) in [6.07, 6.45) is 2.03. The number of carbonyl (C=O) groups is 1. The van der Waals surface area contributed by atoms with Crippen LogP contribution in [0.15, 0.2) is 23.1 Å². The van der Waals surface area contributed by atoms with Crippen molar-refractivity contribution < 1.29 is 4.79 Å². The topological polar surface area (TPSA) is 32.3 Å². The molecular formula is C13H18N2OS. The van der Waals surface area contributed by atoms with Crippen LogP contribution in [0.25, 0.3) is 0 Å². The van der Waals surface area contributed by atoms with Crippen LogP contribution in [-0.4, -0.2) is 43.2 Å². The highest BCUT2D eigenvalue weighted by Crippen LogP contribution is 2.20. The molecule has 0 unspecified atom stereocenters. The molecule has 4 heteroatoms. The van der Waals surface area contributed by atoms with E-state index in [1.54, 1.807) is 11.8 Å². The summed E-state index contributed by atoms with van der Waals surface area (Å²) in [6, 6.07) is 6.10. The smallest absolute Gasteiger partial charge is 0.254 e. The molecule has 0 spiro atoms. The molecule has 17 heavy (non-hydrogen) atoms. The van der Waals surface area contributed by atoms with Gasteiger partial charge in [0.1, 0.15) is 0 Å². The minimum Gasteiger partial charge on any atom is -0.336 e. The standard InChI is InChI=1S/C13H18N2OS/c1-10-3-4-11(17-2)9-12(10)13(16)15-7-5-14-6-8-15/h3-4,9,14H,5-8H2,1-2H3. The molecule has 1 N–H and O–H groups in total. The zero-order valence-electron chi connectivity index (χ0n) is 10.3. The summed E-state index contributed by atoms with van der Waals surface area (Å²) >= 11 is 1.67. The minimum atomic E-state index is 0.167. The van der Waals surface area contributed by atoms with Crippen LogP contribution in [0.3, 0.4) is 0 Å². The van der Waals surface area contributed by atoms with Gasteiger partial charge in [0.05, 0.1) is 0 Å². The van der Waals surface area contributed by atoms with Crippen LogP contribution in [0.4, 0.5) is 0 Å². The number of aryl methyl sites for hydroxylation is 1. The third-order valence-corrected chi connectivity index (χ3v) is 3.80. The number of rotatable bonds is 2. The first-order valence-electron chi connectivity index (χ1n) is 5.87. The van der Waals surface area contributed by atoms with Gasteiger partial charge in [-0.25, -0.2) is 0 Å². The van der Waals surface area contributed by atoms with Crippen LogP contribution in [0.1, 0.15) is 15.9 Å². The summed E-state index contributed by atoms with van der Waals surface area (Å²) in [5.41, 5.74) is 1.91. The van der Waals surface area contributed by atoms with Crippen LogP contribution >= 0.6 is 11.8 Å². The van der Waals surface area contributed by atoms with Crippen molar-refractivity contribution in [2.75, 3.05) is 32.4 Å². The fourth-order valence-electron chi connectivity index (χ4n) is 2.00. The quantitative estimate of drug-likeness (QED) is 0.812. The van der Waals surface area contributed by atoms with Crippen molar-refractivity contribution in [2.24, 2.45) is 0 Å². The van der Waals surface area contributed by atoms with Crippen LogP contribution < -0.4 is 5.32 Å². The number of nitrogens with one attached hydrogen (secondary N) is 1. The molecule has 1 aromatic rings. The van der Waals surface area contributed by atoms with Gasteiger partial charge in [-0.1, -0.05) is 6.07 Å². The van der Waals surface area contributed by atoms with Gasteiger partial charge in [-0.3, -0.25) is 4.79 Å². The van der Waals surface area contributed by atoms with Crippen molar-refractivity contribution in [2.45, 2.75) is 11.8 Å². The van der Waals surface area contributed by atoms with Gasteiger partial charge < -0.3 is 10.2 Å². The first kappa shape index (κ1) is 12.5. The maximum absolute atomic E-state index is 12.4. The Kier molecular flexibility index (Phi) is 4.07. The van der Waals surface area contributed by atoms with Crippen molar-refractivity contribution in [3.8, 4) is 0 Å². The van der Waals surface area contributed by atoms with Crippen molar-refractivity contribution in [1.82, 2.24) is 10.2 Å². The summed E-state index contributed by atoms with van der Waals surface area (Å²) < 4.78 is 0. The molecule has 0 aliphatic carbocycles. The second-order valence-corrected chi connectivity index (χ2v) is 5.10. The van der Waals surface area contributed by atoms with E-state index in [0.717, 1.165) is 42.2 Å². The number of hydrogen-bond donors (Lipinski definition) is 1. The van der Waals surface area contributed by atoms with Crippen LogP contribution in [0, 0.1) is 6.92 Å². The van der Waals surface area contributed by atoms with Crippen LogP contribution in [-0.2, 0) is 0 Å². The molecule has 2 rings (SSSR count). The number of benzene rings is 1. The summed E-state index contributed by atoms with van der Waals surface area (Å²) in [7, 11) is 0. The van der Waals surface area contributed by atoms with Crippen molar-refractivity contribution >= 4 is 17.7 Å². The molecule has 1 heterocycles. The molecule has 92 valence electrons. The molecule has 0 saturated carbocycles. The molecular weight excluding hydrogens is 232 g/mol. The highest BCUT2D eigenvalue weighted by atomic mass is 32.2. The highest BCUT2D eigenvalue weighted by molar-refractivity contribution is 7.98. The third-order valence-electron chi connectivity index (χ3n) is 3.08. The lowest BCUT2D eigenvalue weighted by Gasteiger charge is -2.28. The van der Waals surface area contributed by atoms with E-state index in [1.807, 2.05) is 30.2 Å². The monoisotopic (exact) mass is 250 g/mol. The van der Waals surface area contributed by atoms with Gasteiger partial charge in [-0.05, 0) is 30.9 Å². The molecule has 1 aliphatic heterocycles. The van der Waals surface area contributed by atoms with Crippen molar-refractivity contribution in [3.63, 3.8) is 0 Å². The lowest BCUT2D eigenvalue weighted by molar-refractivity contribution is 0.0735. The molecule has 1 fully saturated rings. The fraction of sp³-hybridized carbons (Fsp3) is 0.462. The first-order valence-corrected chi connectivity index (χ1v) is 7.09. The van der Waals surface area contributed by atoms with Crippen molar-refractivity contribution in [1.29, 1.82) is 0 Å². The number of amides is 1. The van der Waals surface area contributed by atoms with Gasteiger partial charge in [-0.15, -0.1) is 11.8 Å². The molecule has 0 radical (unpaired) electrons. The third kappa shape index (κ3) is 2.82. The first-order chi connectivity index (χ1) is 8.22. The van der Waals surface area contributed by atoms with E-state index in [1.165, 1.54) is 0 Å². The average Bonchev–Trinajstić information content (AvgIpc) is 2.39. The van der Waals surface area contributed by atoms with Crippen LogP contribution in [0.2, 0.25) is 0 Å². The Balaban J connectivity index is 2.22. The van der Waals surface area contributed by atoms with E-state index in [-0.39, 0.29) is 5.91 Å². The number of thioether (sulfide) groups is 1. The van der Waals surface area contributed by atoms with Gasteiger partial charge in [-0.2, -0.15) is 0 Å². The summed E-state index contributed by atoms with van der Waals surface area (Å²) in [6.45, 7) is 5.41. The Morgan fingerprint density at radius 2 is 2.06 bits per heavy atom. The predicted octanol–water partition coefficient (Wildman–Crippen LogP) is 1.76. The second kappa shape index (κ2) is 5.56. The Morgan fingerprint density at radius 1 is 1.35 bits per heavy atom. The van der Waals surface area contributed by atoms with E-state index in [2.05, 4.69) is 11.4 Å². The van der Waals surface area contributed by atoms with Gasteiger partial charge in [0, 0.05) is 36.6 Å². The van der Waals surface area contributed by atoms with Gasteiger partial charge in [0.2, 0.25) is 0 Å². The average molecular weight is 250 g/mol. The fourth-order valence-corrected chi connectivity index (χ4v) is 2.44. The Hall–Kier alpha value is -1.00. The van der Waals surface area contributed by atoms with Gasteiger partial charge >= 0.3 is 0 Å². The molecule has 1 aromatic carbocycles. The molecule has 1 amide bonds.